The van der Waals surface area contributed by atoms with E-state index < -0.39 is 10.0 Å². The molecule has 9 heteroatoms. The van der Waals surface area contributed by atoms with Gasteiger partial charge in [0.2, 0.25) is 5.96 Å². The second kappa shape index (κ2) is 8.73. The van der Waals surface area contributed by atoms with Crippen LogP contribution in [0.25, 0.3) is 0 Å². The lowest BCUT2D eigenvalue weighted by molar-refractivity contribution is 0.382. The third-order valence-electron chi connectivity index (χ3n) is 3.62. The summed E-state index contributed by atoms with van der Waals surface area (Å²) in [6, 6.07) is 6.85. The molecule has 1 aliphatic heterocycles. The molecule has 1 heterocycles. The molecular weight excluding hydrogens is 359 g/mol. The molecule has 0 spiro atoms. The molecule has 0 amide bonds. The number of halogens is 2. The minimum absolute atomic E-state index is 0. The van der Waals surface area contributed by atoms with Gasteiger partial charge in [-0.2, -0.15) is 0 Å². The van der Waals surface area contributed by atoms with Crippen LogP contribution in [-0.4, -0.2) is 49.3 Å². The van der Waals surface area contributed by atoms with Crippen LogP contribution < -0.4 is 5.73 Å². The van der Waals surface area contributed by atoms with E-state index in [1.54, 1.807) is 29.2 Å². The maximum Gasteiger partial charge on any atom is 0.266 e. The Balaban J connectivity index is 0.00000242. The van der Waals surface area contributed by atoms with E-state index in [1.807, 2.05) is 13.8 Å². The standard InChI is InChI=1S/C14H22N4O2S.2ClH/c1-11(2)17-9-10-18(14(17)16)21(19,20)13-5-3-12(4-6-13)7-8-15;;/h3-6,11,16H,7-10,15H2,1-2H3;2*1H. The van der Waals surface area contributed by atoms with Crippen LogP contribution in [0.5, 0.6) is 0 Å². The lowest BCUT2D eigenvalue weighted by Crippen LogP contribution is -2.39. The first-order valence-corrected chi connectivity index (χ1v) is 8.49. The van der Waals surface area contributed by atoms with E-state index in [0.717, 1.165) is 12.0 Å². The average molecular weight is 383 g/mol. The first kappa shape index (κ1) is 22.0. The summed E-state index contributed by atoms with van der Waals surface area (Å²) in [7, 11) is -3.65. The molecule has 0 atom stereocenters. The van der Waals surface area contributed by atoms with Crippen LogP contribution in [0.4, 0.5) is 0 Å². The molecule has 1 aromatic rings. The number of guanidine groups is 1. The quantitative estimate of drug-likeness (QED) is 0.810. The predicted molar refractivity (Wildman–Crippen MR) is 97.2 cm³/mol. The zero-order chi connectivity index (χ0) is 15.6. The zero-order valence-electron chi connectivity index (χ0n) is 13.2. The Kier molecular flexibility index (Phi) is 8.34. The summed E-state index contributed by atoms with van der Waals surface area (Å²) >= 11 is 0. The smallest absolute Gasteiger partial charge is 0.266 e. The third-order valence-corrected chi connectivity index (χ3v) is 5.42. The highest BCUT2D eigenvalue weighted by atomic mass is 35.5. The van der Waals surface area contributed by atoms with Crippen molar-refractivity contribution in [1.29, 1.82) is 5.41 Å². The second-order valence-electron chi connectivity index (χ2n) is 5.37. The van der Waals surface area contributed by atoms with E-state index >= 15 is 0 Å². The topological polar surface area (TPSA) is 90.5 Å². The summed E-state index contributed by atoms with van der Waals surface area (Å²) < 4.78 is 26.4. The molecule has 132 valence electrons. The Bertz CT molecular complexity index is 620. The number of hydrogen-bond acceptors (Lipinski definition) is 4. The van der Waals surface area contributed by atoms with Crippen molar-refractivity contribution in [1.82, 2.24) is 9.21 Å². The first-order chi connectivity index (χ1) is 9.87. The molecule has 1 aromatic carbocycles. The highest BCUT2D eigenvalue weighted by Gasteiger charge is 2.36. The van der Waals surface area contributed by atoms with Gasteiger partial charge >= 0.3 is 0 Å². The number of benzene rings is 1. The number of rotatable bonds is 5. The predicted octanol–water partition coefficient (Wildman–Crippen LogP) is 1.68. The van der Waals surface area contributed by atoms with E-state index in [9.17, 15) is 8.42 Å². The minimum atomic E-state index is -3.65. The fourth-order valence-electron chi connectivity index (χ4n) is 2.41. The van der Waals surface area contributed by atoms with Crippen molar-refractivity contribution < 1.29 is 8.42 Å². The molecule has 1 aliphatic rings. The van der Waals surface area contributed by atoms with E-state index in [4.69, 9.17) is 11.1 Å². The number of hydrogen-bond donors (Lipinski definition) is 2. The molecule has 6 nitrogen and oxygen atoms in total. The van der Waals surface area contributed by atoms with Crippen LogP contribution in [0.15, 0.2) is 29.2 Å². The highest BCUT2D eigenvalue weighted by molar-refractivity contribution is 7.89. The fourth-order valence-corrected chi connectivity index (χ4v) is 3.80. The minimum Gasteiger partial charge on any atom is -0.338 e. The molecule has 0 aromatic heterocycles. The maximum absolute atomic E-state index is 12.6. The van der Waals surface area contributed by atoms with Crippen LogP contribution in [0.1, 0.15) is 19.4 Å². The third kappa shape index (κ3) is 4.50. The Morgan fingerprint density at radius 3 is 2.17 bits per heavy atom. The van der Waals surface area contributed by atoms with Crippen LogP contribution in [0.2, 0.25) is 0 Å². The van der Waals surface area contributed by atoms with Crippen LogP contribution in [0.3, 0.4) is 0 Å². The molecule has 0 unspecified atom stereocenters. The van der Waals surface area contributed by atoms with Crippen molar-refractivity contribution in [3.63, 3.8) is 0 Å². The summed E-state index contributed by atoms with van der Waals surface area (Å²) in [6.45, 7) is 5.32. The van der Waals surface area contributed by atoms with Crippen LogP contribution >= 0.6 is 24.8 Å². The lowest BCUT2D eigenvalue weighted by atomic mass is 10.2. The van der Waals surface area contributed by atoms with Gasteiger partial charge in [-0.05, 0) is 44.5 Å². The molecule has 0 radical (unpaired) electrons. The van der Waals surface area contributed by atoms with Gasteiger partial charge in [0.25, 0.3) is 10.0 Å². The zero-order valence-corrected chi connectivity index (χ0v) is 15.7. The highest BCUT2D eigenvalue weighted by Crippen LogP contribution is 2.22. The Labute approximate surface area is 150 Å². The SMILES string of the molecule is CC(C)N1CCN(S(=O)(=O)c2ccc(CCN)cc2)C1=N.Cl.Cl. The van der Waals surface area contributed by atoms with Gasteiger partial charge in [0.05, 0.1) is 11.4 Å². The van der Waals surface area contributed by atoms with E-state index in [2.05, 4.69) is 0 Å². The first-order valence-electron chi connectivity index (χ1n) is 7.05. The molecule has 3 N–H and O–H groups in total. The van der Waals surface area contributed by atoms with Gasteiger partial charge in [0.15, 0.2) is 0 Å². The number of nitrogens with zero attached hydrogens (tertiary/aromatic N) is 2. The second-order valence-corrected chi connectivity index (χ2v) is 7.23. The molecule has 0 aliphatic carbocycles. The van der Waals surface area contributed by atoms with Gasteiger partial charge in [-0.15, -0.1) is 24.8 Å². The van der Waals surface area contributed by atoms with Gasteiger partial charge in [-0.3, -0.25) is 5.41 Å². The molecule has 23 heavy (non-hydrogen) atoms. The molecule has 0 bridgehead atoms. The van der Waals surface area contributed by atoms with E-state index in [-0.39, 0.29) is 41.7 Å². The lowest BCUT2D eigenvalue weighted by Gasteiger charge is -2.24. The van der Waals surface area contributed by atoms with Crippen molar-refractivity contribution in [2.24, 2.45) is 5.73 Å². The van der Waals surface area contributed by atoms with E-state index in [1.165, 1.54) is 4.31 Å². The Morgan fingerprint density at radius 1 is 1.17 bits per heavy atom. The summed E-state index contributed by atoms with van der Waals surface area (Å²) in [5.74, 6) is 0.0519. The Hall–Kier alpha value is -1.02. The largest absolute Gasteiger partial charge is 0.338 e. The normalized spacial score (nSPS) is 14.7. The van der Waals surface area contributed by atoms with Crippen molar-refractivity contribution in [2.45, 2.75) is 31.2 Å². The van der Waals surface area contributed by atoms with Crippen LogP contribution in [-0.2, 0) is 16.4 Å². The van der Waals surface area contributed by atoms with Crippen LogP contribution in [0, 0.1) is 5.41 Å². The number of nitrogens with one attached hydrogen (secondary N) is 1. The van der Waals surface area contributed by atoms with E-state index in [0.29, 0.717) is 19.6 Å². The monoisotopic (exact) mass is 382 g/mol. The van der Waals surface area contributed by atoms with Gasteiger partial charge in [0.1, 0.15) is 0 Å². The Morgan fingerprint density at radius 2 is 1.74 bits per heavy atom. The summed E-state index contributed by atoms with van der Waals surface area (Å²) in [5.41, 5.74) is 6.50. The van der Waals surface area contributed by atoms with Gasteiger partial charge in [-0.25, -0.2) is 12.7 Å². The molecule has 2 rings (SSSR count). The van der Waals surface area contributed by atoms with Crippen molar-refractivity contribution >= 4 is 40.8 Å². The summed E-state index contributed by atoms with van der Waals surface area (Å²) in [4.78, 5) is 2.00. The van der Waals surface area contributed by atoms with Crippen molar-refractivity contribution in [2.75, 3.05) is 19.6 Å². The molecular formula is C14H24Cl2N4O2S. The van der Waals surface area contributed by atoms with Crippen molar-refractivity contribution in [3.05, 3.63) is 29.8 Å². The van der Waals surface area contributed by atoms with Gasteiger partial charge in [-0.1, -0.05) is 12.1 Å². The molecule has 1 fully saturated rings. The molecule has 1 saturated heterocycles. The van der Waals surface area contributed by atoms with Gasteiger partial charge in [0, 0.05) is 12.6 Å². The van der Waals surface area contributed by atoms with Gasteiger partial charge < -0.3 is 10.6 Å². The number of nitrogens with two attached hydrogens (primary N) is 1. The summed E-state index contributed by atoms with van der Waals surface area (Å²) in [5, 5.41) is 8.06. The maximum atomic E-state index is 12.6. The summed E-state index contributed by atoms with van der Waals surface area (Å²) in [6.07, 6.45) is 0.723. The number of sulfonamides is 1. The molecule has 0 saturated carbocycles. The fraction of sp³-hybridized carbons (Fsp3) is 0.500. The van der Waals surface area contributed by atoms with Crippen molar-refractivity contribution in [3.8, 4) is 0 Å². The average Bonchev–Trinajstić information content (AvgIpc) is 2.82.